The molecule has 2 atom stereocenters. The Hall–Kier alpha value is -1.07. The molecular formula is C13H22N4O. The van der Waals surface area contributed by atoms with Crippen LogP contribution in [0.2, 0.25) is 0 Å². The lowest BCUT2D eigenvalue weighted by Crippen LogP contribution is -2.46. The van der Waals surface area contributed by atoms with Crippen molar-refractivity contribution in [2.24, 2.45) is 12.8 Å². The summed E-state index contributed by atoms with van der Waals surface area (Å²) in [6.07, 6.45) is 3.98. The average molecular weight is 250 g/mol. The van der Waals surface area contributed by atoms with E-state index in [-0.39, 0.29) is 6.10 Å². The SMILES string of the molecule is Cc1nn(C)c(N2C3CCC2CC(O)C3)c1CN. The van der Waals surface area contributed by atoms with Crippen molar-refractivity contribution in [1.82, 2.24) is 9.78 Å². The third-order valence-electron chi connectivity index (χ3n) is 4.47. The van der Waals surface area contributed by atoms with Crippen molar-refractivity contribution in [3.05, 3.63) is 11.3 Å². The van der Waals surface area contributed by atoms with E-state index in [1.165, 1.54) is 18.7 Å². The molecule has 0 amide bonds. The minimum atomic E-state index is -0.130. The van der Waals surface area contributed by atoms with Gasteiger partial charge in [0.25, 0.3) is 0 Å². The van der Waals surface area contributed by atoms with E-state index in [0.29, 0.717) is 18.6 Å². The predicted octanol–water partition coefficient (Wildman–Crippen LogP) is 0.679. The summed E-state index contributed by atoms with van der Waals surface area (Å²) in [5.74, 6) is 1.18. The van der Waals surface area contributed by atoms with Crippen molar-refractivity contribution < 1.29 is 5.11 Å². The van der Waals surface area contributed by atoms with Gasteiger partial charge in [0, 0.05) is 31.2 Å². The zero-order valence-electron chi connectivity index (χ0n) is 11.1. The summed E-state index contributed by atoms with van der Waals surface area (Å²) < 4.78 is 1.96. The largest absolute Gasteiger partial charge is 0.393 e. The van der Waals surface area contributed by atoms with E-state index < -0.39 is 0 Å². The zero-order valence-corrected chi connectivity index (χ0v) is 11.1. The second-order valence-corrected chi connectivity index (χ2v) is 5.63. The maximum Gasteiger partial charge on any atom is 0.131 e. The number of nitrogens with two attached hydrogens (primary N) is 1. The summed E-state index contributed by atoms with van der Waals surface area (Å²) >= 11 is 0. The van der Waals surface area contributed by atoms with Crippen LogP contribution in [0, 0.1) is 6.92 Å². The number of rotatable bonds is 2. The average Bonchev–Trinajstić information content (AvgIpc) is 2.72. The molecule has 1 aromatic rings. The van der Waals surface area contributed by atoms with Crippen LogP contribution in [0.1, 0.15) is 36.9 Å². The number of aromatic nitrogens is 2. The monoisotopic (exact) mass is 250 g/mol. The van der Waals surface area contributed by atoms with Crippen LogP contribution < -0.4 is 10.6 Å². The van der Waals surface area contributed by atoms with Crippen molar-refractivity contribution in [2.45, 2.75) is 57.3 Å². The van der Waals surface area contributed by atoms with Crippen LogP contribution in [0.3, 0.4) is 0 Å². The van der Waals surface area contributed by atoms with Crippen LogP contribution in [0.15, 0.2) is 0 Å². The molecule has 2 fully saturated rings. The Morgan fingerprint density at radius 2 is 1.94 bits per heavy atom. The highest BCUT2D eigenvalue weighted by atomic mass is 16.3. The summed E-state index contributed by atoms with van der Waals surface area (Å²) in [6, 6.07) is 0.915. The first kappa shape index (κ1) is 12.0. The molecule has 0 saturated carbocycles. The van der Waals surface area contributed by atoms with Crippen LogP contribution in [0.25, 0.3) is 0 Å². The van der Waals surface area contributed by atoms with Crippen molar-refractivity contribution >= 4 is 5.82 Å². The third-order valence-corrected chi connectivity index (χ3v) is 4.47. The van der Waals surface area contributed by atoms with Crippen LogP contribution in [-0.4, -0.2) is 33.1 Å². The van der Waals surface area contributed by atoms with Gasteiger partial charge >= 0.3 is 0 Å². The molecular weight excluding hydrogens is 228 g/mol. The third kappa shape index (κ3) is 1.65. The van der Waals surface area contributed by atoms with Gasteiger partial charge in [-0.25, -0.2) is 0 Å². The lowest BCUT2D eigenvalue weighted by molar-refractivity contribution is 0.125. The maximum atomic E-state index is 9.88. The zero-order chi connectivity index (χ0) is 12.9. The number of hydrogen-bond donors (Lipinski definition) is 2. The molecule has 18 heavy (non-hydrogen) atoms. The molecule has 1 aromatic heterocycles. The standard InChI is InChI=1S/C13H22N4O/c1-8-12(7-14)13(16(2)15-8)17-9-3-4-10(17)6-11(18)5-9/h9-11,18H,3-7,14H2,1-2H3. The number of aryl methyl sites for hydroxylation is 2. The van der Waals surface area contributed by atoms with Gasteiger partial charge in [-0.05, 0) is 32.6 Å². The lowest BCUT2D eigenvalue weighted by atomic mass is 9.99. The van der Waals surface area contributed by atoms with E-state index in [1.807, 2.05) is 18.7 Å². The van der Waals surface area contributed by atoms with E-state index in [1.54, 1.807) is 0 Å². The summed E-state index contributed by atoms with van der Waals surface area (Å²) in [6.45, 7) is 2.56. The molecule has 2 aliphatic rings. The Morgan fingerprint density at radius 1 is 1.33 bits per heavy atom. The van der Waals surface area contributed by atoms with Crippen molar-refractivity contribution in [2.75, 3.05) is 4.90 Å². The summed E-state index contributed by atoms with van der Waals surface area (Å²) in [7, 11) is 1.99. The van der Waals surface area contributed by atoms with Gasteiger partial charge in [-0.15, -0.1) is 0 Å². The predicted molar refractivity (Wildman–Crippen MR) is 70.4 cm³/mol. The van der Waals surface area contributed by atoms with E-state index in [0.717, 1.165) is 24.1 Å². The quantitative estimate of drug-likeness (QED) is 0.810. The molecule has 2 saturated heterocycles. The Balaban J connectivity index is 2.01. The Bertz CT molecular complexity index is 442. The Labute approximate surface area is 108 Å². The smallest absolute Gasteiger partial charge is 0.131 e. The number of aliphatic hydroxyl groups is 1. The molecule has 3 rings (SSSR count). The summed E-state index contributed by atoms with van der Waals surface area (Å²) in [4.78, 5) is 2.47. The van der Waals surface area contributed by atoms with E-state index >= 15 is 0 Å². The van der Waals surface area contributed by atoms with Gasteiger partial charge in [-0.3, -0.25) is 4.68 Å². The van der Waals surface area contributed by atoms with Gasteiger partial charge in [-0.2, -0.15) is 5.10 Å². The van der Waals surface area contributed by atoms with Crippen molar-refractivity contribution in [3.8, 4) is 0 Å². The molecule has 5 nitrogen and oxygen atoms in total. The van der Waals surface area contributed by atoms with Gasteiger partial charge in [0.15, 0.2) is 0 Å². The highest BCUT2D eigenvalue weighted by Gasteiger charge is 2.42. The minimum Gasteiger partial charge on any atom is -0.393 e. The second kappa shape index (κ2) is 4.24. The molecule has 0 spiro atoms. The normalized spacial score (nSPS) is 31.1. The van der Waals surface area contributed by atoms with Crippen LogP contribution >= 0.6 is 0 Å². The second-order valence-electron chi connectivity index (χ2n) is 5.63. The molecule has 0 aromatic carbocycles. The first-order valence-electron chi connectivity index (χ1n) is 6.80. The lowest BCUT2D eigenvalue weighted by Gasteiger charge is -2.39. The number of piperidine rings is 1. The van der Waals surface area contributed by atoms with E-state index in [9.17, 15) is 5.11 Å². The van der Waals surface area contributed by atoms with Gasteiger partial charge in [0.05, 0.1) is 11.8 Å². The molecule has 2 unspecified atom stereocenters. The summed E-state index contributed by atoms with van der Waals surface area (Å²) in [5, 5.41) is 14.4. The molecule has 5 heteroatoms. The van der Waals surface area contributed by atoms with Crippen LogP contribution in [-0.2, 0) is 13.6 Å². The number of aliphatic hydroxyl groups excluding tert-OH is 1. The number of hydrogen-bond acceptors (Lipinski definition) is 4. The fourth-order valence-electron chi connectivity index (χ4n) is 3.75. The molecule has 0 aliphatic carbocycles. The number of fused-ring (bicyclic) bond motifs is 2. The molecule has 3 heterocycles. The highest BCUT2D eigenvalue weighted by molar-refractivity contribution is 5.53. The fourth-order valence-corrected chi connectivity index (χ4v) is 3.75. The van der Waals surface area contributed by atoms with Gasteiger partial charge in [0.2, 0.25) is 0 Å². The van der Waals surface area contributed by atoms with Gasteiger partial charge in [0.1, 0.15) is 5.82 Å². The molecule has 3 N–H and O–H groups in total. The maximum absolute atomic E-state index is 9.88. The Morgan fingerprint density at radius 3 is 2.50 bits per heavy atom. The van der Waals surface area contributed by atoms with Crippen molar-refractivity contribution in [1.29, 1.82) is 0 Å². The first-order chi connectivity index (χ1) is 8.61. The molecule has 2 aliphatic heterocycles. The van der Waals surface area contributed by atoms with Crippen LogP contribution in [0.4, 0.5) is 5.82 Å². The first-order valence-corrected chi connectivity index (χ1v) is 6.80. The van der Waals surface area contributed by atoms with E-state index in [4.69, 9.17) is 5.73 Å². The highest BCUT2D eigenvalue weighted by Crippen LogP contribution is 2.40. The Kier molecular flexibility index (Phi) is 2.83. The molecule has 2 bridgehead atoms. The fraction of sp³-hybridized carbons (Fsp3) is 0.769. The molecule has 0 radical (unpaired) electrons. The number of nitrogens with zero attached hydrogens (tertiary/aromatic N) is 3. The van der Waals surface area contributed by atoms with Gasteiger partial charge < -0.3 is 15.7 Å². The van der Waals surface area contributed by atoms with E-state index in [2.05, 4.69) is 10.00 Å². The van der Waals surface area contributed by atoms with Crippen LogP contribution in [0.5, 0.6) is 0 Å². The van der Waals surface area contributed by atoms with Crippen molar-refractivity contribution in [3.63, 3.8) is 0 Å². The summed E-state index contributed by atoms with van der Waals surface area (Å²) in [5.41, 5.74) is 8.07. The van der Waals surface area contributed by atoms with Gasteiger partial charge in [-0.1, -0.05) is 0 Å². The minimum absolute atomic E-state index is 0.130. The number of anilines is 1. The topological polar surface area (TPSA) is 67.3 Å². The molecule has 100 valence electrons.